The lowest BCUT2D eigenvalue weighted by Gasteiger charge is -1.98. The molecule has 0 atom stereocenters. The highest BCUT2D eigenvalue weighted by molar-refractivity contribution is 5.68. The summed E-state index contributed by atoms with van der Waals surface area (Å²) in [5.74, 6) is 0.701. The number of fused-ring (bicyclic) bond motifs is 1. The molecule has 0 fully saturated rings. The monoisotopic (exact) mass is 224 g/mol. The molecule has 4 heteroatoms. The van der Waals surface area contributed by atoms with E-state index >= 15 is 0 Å². The molecule has 0 amide bonds. The average Bonchev–Trinajstić information content (AvgIpc) is 2.81. The van der Waals surface area contributed by atoms with Crippen molar-refractivity contribution in [2.45, 2.75) is 6.92 Å². The van der Waals surface area contributed by atoms with E-state index in [1.807, 2.05) is 49.4 Å². The number of rotatable bonds is 1. The van der Waals surface area contributed by atoms with Crippen LogP contribution in [0.25, 0.3) is 17.0 Å². The van der Waals surface area contributed by atoms with Crippen molar-refractivity contribution < 1.29 is 0 Å². The van der Waals surface area contributed by atoms with Crippen molar-refractivity contribution >= 4 is 11.3 Å². The number of nitrogens with two attached hydrogens (primary N) is 1. The summed E-state index contributed by atoms with van der Waals surface area (Å²) in [5.41, 5.74) is 9.26. The van der Waals surface area contributed by atoms with Crippen molar-refractivity contribution in [3.05, 3.63) is 48.2 Å². The minimum Gasteiger partial charge on any atom is -0.396 e. The van der Waals surface area contributed by atoms with Gasteiger partial charge in [-0.15, -0.1) is 5.10 Å². The number of nitrogens with zero attached hydrogens (tertiary/aromatic N) is 3. The van der Waals surface area contributed by atoms with Crippen molar-refractivity contribution in [1.29, 1.82) is 0 Å². The third kappa shape index (κ3) is 1.54. The summed E-state index contributed by atoms with van der Waals surface area (Å²) in [5, 5.41) is 4.47. The molecule has 17 heavy (non-hydrogen) atoms. The second kappa shape index (κ2) is 3.59. The second-order valence-corrected chi connectivity index (χ2v) is 3.97. The van der Waals surface area contributed by atoms with Gasteiger partial charge in [-0.3, -0.25) is 0 Å². The molecule has 2 heterocycles. The topological polar surface area (TPSA) is 56.2 Å². The number of pyridine rings is 1. The summed E-state index contributed by atoms with van der Waals surface area (Å²) >= 11 is 0. The summed E-state index contributed by atoms with van der Waals surface area (Å²) < 4.78 is 1.78. The highest BCUT2D eigenvalue weighted by Crippen LogP contribution is 2.19. The number of anilines is 1. The largest absolute Gasteiger partial charge is 0.396 e. The van der Waals surface area contributed by atoms with Gasteiger partial charge in [0.15, 0.2) is 11.5 Å². The summed E-state index contributed by atoms with van der Waals surface area (Å²) in [4.78, 5) is 4.47. The fourth-order valence-electron chi connectivity index (χ4n) is 1.81. The van der Waals surface area contributed by atoms with Crippen LogP contribution < -0.4 is 5.73 Å². The fraction of sp³-hybridized carbons (Fsp3) is 0.0769. The van der Waals surface area contributed by atoms with Gasteiger partial charge in [0.1, 0.15) is 0 Å². The number of aryl methyl sites for hydroxylation is 1. The van der Waals surface area contributed by atoms with Crippen LogP contribution in [0.5, 0.6) is 0 Å². The van der Waals surface area contributed by atoms with E-state index in [1.165, 1.54) is 0 Å². The Labute approximate surface area is 98.7 Å². The van der Waals surface area contributed by atoms with Crippen molar-refractivity contribution in [3.63, 3.8) is 0 Å². The molecule has 3 rings (SSSR count). The Kier molecular flexibility index (Phi) is 2.08. The predicted molar refractivity (Wildman–Crippen MR) is 67.6 cm³/mol. The molecule has 0 saturated carbocycles. The van der Waals surface area contributed by atoms with E-state index in [2.05, 4.69) is 10.1 Å². The smallest absolute Gasteiger partial charge is 0.182 e. The van der Waals surface area contributed by atoms with E-state index in [0.29, 0.717) is 17.2 Å². The van der Waals surface area contributed by atoms with Crippen molar-refractivity contribution in [3.8, 4) is 11.4 Å². The van der Waals surface area contributed by atoms with E-state index in [9.17, 15) is 0 Å². The van der Waals surface area contributed by atoms with Crippen LogP contribution in [0.15, 0.2) is 42.5 Å². The standard InChI is InChI=1S/C13H12N4/c1-9-7-8-11(14)13-15-12(16-17(9)13)10-5-3-2-4-6-10/h2-8H,14H2,1H3. The van der Waals surface area contributed by atoms with Crippen LogP contribution >= 0.6 is 0 Å². The van der Waals surface area contributed by atoms with Crippen LogP contribution in [0.4, 0.5) is 5.69 Å². The lowest BCUT2D eigenvalue weighted by atomic mass is 10.2. The quantitative estimate of drug-likeness (QED) is 0.690. The molecule has 2 aromatic heterocycles. The van der Waals surface area contributed by atoms with Crippen molar-refractivity contribution in [2.75, 3.05) is 5.73 Å². The molecular weight excluding hydrogens is 212 g/mol. The van der Waals surface area contributed by atoms with Gasteiger partial charge in [0.2, 0.25) is 0 Å². The van der Waals surface area contributed by atoms with Crippen LogP contribution in [0, 0.1) is 6.92 Å². The maximum atomic E-state index is 5.89. The first kappa shape index (κ1) is 9.84. The van der Waals surface area contributed by atoms with E-state index in [0.717, 1.165) is 11.3 Å². The lowest BCUT2D eigenvalue weighted by molar-refractivity contribution is 0.920. The first-order valence-corrected chi connectivity index (χ1v) is 5.43. The maximum Gasteiger partial charge on any atom is 0.182 e. The number of benzene rings is 1. The van der Waals surface area contributed by atoms with Gasteiger partial charge in [-0.2, -0.15) is 0 Å². The van der Waals surface area contributed by atoms with E-state index in [-0.39, 0.29) is 0 Å². The third-order valence-electron chi connectivity index (χ3n) is 2.74. The number of hydrogen-bond acceptors (Lipinski definition) is 3. The van der Waals surface area contributed by atoms with Crippen LogP contribution in [0.2, 0.25) is 0 Å². The van der Waals surface area contributed by atoms with E-state index < -0.39 is 0 Å². The minimum absolute atomic E-state index is 0.644. The van der Waals surface area contributed by atoms with E-state index in [4.69, 9.17) is 5.73 Å². The molecular formula is C13H12N4. The van der Waals surface area contributed by atoms with Gasteiger partial charge < -0.3 is 5.73 Å². The minimum atomic E-state index is 0.644. The summed E-state index contributed by atoms with van der Waals surface area (Å²) in [6.07, 6.45) is 0. The molecule has 0 saturated heterocycles. The molecule has 3 aromatic rings. The number of nitrogen functional groups attached to an aromatic ring is 1. The Morgan fingerprint density at radius 1 is 1.06 bits per heavy atom. The molecule has 0 aliphatic rings. The Morgan fingerprint density at radius 3 is 2.53 bits per heavy atom. The Hall–Kier alpha value is -2.36. The van der Waals surface area contributed by atoms with Crippen LogP contribution in [-0.2, 0) is 0 Å². The SMILES string of the molecule is Cc1ccc(N)c2nc(-c3ccccc3)nn12. The van der Waals surface area contributed by atoms with Crippen LogP contribution in [0.3, 0.4) is 0 Å². The average molecular weight is 224 g/mol. The zero-order chi connectivity index (χ0) is 11.8. The zero-order valence-electron chi connectivity index (χ0n) is 9.46. The van der Waals surface area contributed by atoms with Crippen LogP contribution in [0.1, 0.15) is 5.69 Å². The molecule has 4 nitrogen and oxygen atoms in total. The fourth-order valence-corrected chi connectivity index (χ4v) is 1.81. The molecule has 0 radical (unpaired) electrons. The maximum absolute atomic E-state index is 5.89. The van der Waals surface area contributed by atoms with Gasteiger partial charge in [0.25, 0.3) is 0 Å². The summed E-state index contributed by atoms with van der Waals surface area (Å²) in [6.45, 7) is 1.98. The Bertz CT molecular complexity index is 631. The first-order valence-electron chi connectivity index (χ1n) is 5.43. The van der Waals surface area contributed by atoms with Gasteiger partial charge in [0, 0.05) is 11.3 Å². The van der Waals surface area contributed by atoms with Crippen molar-refractivity contribution in [2.24, 2.45) is 0 Å². The Balaban J connectivity index is 2.27. The van der Waals surface area contributed by atoms with Gasteiger partial charge in [-0.25, -0.2) is 9.50 Å². The molecule has 0 spiro atoms. The normalized spacial score (nSPS) is 10.9. The molecule has 0 unspecified atom stereocenters. The lowest BCUT2D eigenvalue weighted by Crippen LogP contribution is -1.97. The van der Waals surface area contributed by atoms with Crippen LogP contribution in [-0.4, -0.2) is 14.6 Å². The zero-order valence-corrected chi connectivity index (χ0v) is 9.46. The van der Waals surface area contributed by atoms with Gasteiger partial charge in [0.05, 0.1) is 5.69 Å². The number of hydrogen-bond donors (Lipinski definition) is 1. The molecule has 0 aliphatic carbocycles. The highest BCUT2D eigenvalue weighted by Gasteiger charge is 2.09. The molecule has 0 bridgehead atoms. The molecule has 0 aliphatic heterocycles. The van der Waals surface area contributed by atoms with Gasteiger partial charge in [-0.05, 0) is 19.1 Å². The predicted octanol–water partition coefficient (Wildman–Crippen LogP) is 2.29. The highest BCUT2D eigenvalue weighted by atomic mass is 15.3. The molecule has 84 valence electrons. The number of aromatic nitrogens is 3. The van der Waals surface area contributed by atoms with Gasteiger partial charge in [-0.1, -0.05) is 30.3 Å². The summed E-state index contributed by atoms with van der Waals surface area (Å²) in [6, 6.07) is 13.7. The Morgan fingerprint density at radius 2 is 1.82 bits per heavy atom. The van der Waals surface area contributed by atoms with E-state index in [1.54, 1.807) is 4.52 Å². The van der Waals surface area contributed by atoms with Gasteiger partial charge >= 0.3 is 0 Å². The molecule has 1 aromatic carbocycles. The summed E-state index contributed by atoms with van der Waals surface area (Å²) in [7, 11) is 0. The second-order valence-electron chi connectivity index (χ2n) is 3.97. The molecule has 2 N–H and O–H groups in total. The first-order chi connectivity index (χ1) is 8.25. The van der Waals surface area contributed by atoms with Crippen molar-refractivity contribution in [1.82, 2.24) is 14.6 Å². The third-order valence-corrected chi connectivity index (χ3v) is 2.74.